The number of hydrogen-bond acceptors (Lipinski definition) is 4. The summed E-state index contributed by atoms with van der Waals surface area (Å²) < 4.78 is 15.6. The van der Waals surface area contributed by atoms with Crippen molar-refractivity contribution in [2.75, 3.05) is 0 Å². The summed E-state index contributed by atoms with van der Waals surface area (Å²) in [6.07, 6.45) is 1.68. The van der Waals surface area contributed by atoms with Crippen molar-refractivity contribution >= 4 is 34.3 Å². The maximum atomic E-state index is 14.2. The van der Waals surface area contributed by atoms with Crippen LogP contribution in [0.4, 0.5) is 4.39 Å². The van der Waals surface area contributed by atoms with Crippen LogP contribution >= 0.6 is 23.4 Å². The zero-order valence-electron chi connectivity index (χ0n) is 14.9. The van der Waals surface area contributed by atoms with Crippen LogP contribution in [-0.4, -0.2) is 14.5 Å². The number of rotatable bonds is 4. The number of thioether (sulfide) groups is 1. The first-order valence-corrected chi connectivity index (χ1v) is 9.91. The number of nitrogens with zero attached hydrogens (tertiary/aromatic N) is 3. The SMILES string of the molecule is Cc1ccc(-n2c(SCc3ccc(Cl)nc3)nc3ccccc3c2=O)cc1F. The molecule has 140 valence electrons. The van der Waals surface area contributed by atoms with Gasteiger partial charge in [-0.3, -0.25) is 9.36 Å². The van der Waals surface area contributed by atoms with Crippen LogP contribution in [0.5, 0.6) is 0 Å². The van der Waals surface area contributed by atoms with Gasteiger partial charge < -0.3 is 0 Å². The second-order valence-corrected chi connectivity index (χ2v) is 7.59. The van der Waals surface area contributed by atoms with E-state index in [4.69, 9.17) is 11.6 Å². The number of benzene rings is 2. The number of halogens is 2. The Bertz CT molecular complexity index is 1220. The molecule has 0 saturated heterocycles. The number of aryl methyl sites for hydroxylation is 1. The highest BCUT2D eigenvalue weighted by atomic mass is 35.5. The molecular weight excluding hydrogens is 397 g/mol. The van der Waals surface area contributed by atoms with Crippen molar-refractivity contribution in [3.63, 3.8) is 0 Å². The van der Waals surface area contributed by atoms with E-state index in [1.807, 2.05) is 12.1 Å². The van der Waals surface area contributed by atoms with Gasteiger partial charge in [-0.1, -0.05) is 47.6 Å². The normalized spacial score (nSPS) is 11.1. The van der Waals surface area contributed by atoms with Crippen LogP contribution in [0.2, 0.25) is 5.15 Å². The van der Waals surface area contributed by atoms with Crippen LogP contribution in [0, 0.1) is 12.7 Å². The van der Waals surface area contributed by atoms with Gasteiger partial charge in [0.25, 0.3) is 5.56 Å². The van der Waals surface area contributed by atoms with Gasteiger partial charge in [-0.15, -0.1) is 0 Å². The number of aromatic nitrogens is 3. The van der Waals surface area contributed by atoms with E-state index in [1.54, 1.807) is 49.5 Å². The minimum atomic E-state index is -0.365. The number of para-hydroxylation sites is 1. The van der Waals surface area contributed by atoms with Crippen molar-refractivity contribution in [1.82, 2.24) is 14.5 Å². The average molecular weight is 412 g/mol. The maximum Gasteiger partial charge on any atom is 0.266 e. The molecule has 0 aliphatic rings. The molecular formula is C21H15ClFN3OS. The number of pyridine rings is 1. The first kappa shape index (κ1) is 18.7. The molecule has 4 rings (SSSR count). The summed E-state index contributed by atoms with van der Waals surface area (Å²) in [5, 5.41) is 1.40. The van der Waals surface area contributed by atoms with Gasteiger partial charge in [0.1, 0.15) is 11.0 Å². The third-order valence-electron chi connectivity index (χ3n) is 4.32. The molecule has 0 bridgehead atoms. The molecule has 28 heavy (non-hydrogen) atoms. The third-order valence-corrected chi connectivity index (χ3v) is 5.55. The summed E-state index contributed by atoms with van der Waals surface area (Å²) in [5.74, 6) is 0.180. The molecule has 2 aromatic carbocycles. The first-order chi connectivity index (χ1) is 13.5. The Kier molecular flexibility index (Phi) is 5.15. The van der Waals surface area contributed by atoms with Gasteiger partial charge in [0, 0.05) is 11.9 Å². The van der Waals surface area contributed by atoms with E-state index in [0.717, 1.165) is 5.56 Å². The molecule has 0 aliphatic carbocycles. The lowest BCUT2D eigenvalue weighted by atomic mass is 10.2. The highest BCUT2D eigenvalue weighted by Gasteiger charge is 2.14. The molecule has 0 saturated carbocycles. The second kappa shape index (κ2) is 7.73. The van der Waals surface area contributed by atoms with E-state index in [0.29, 0.717) is 38.2 Å². The Morgan fingerprint density at radius 1 is 1.14 bits per heavy atom. The fourth-order valence-electron chi connectivity index (χ4n) is 2.80. The van der Waals surface area contributed by atoms with Gasteiger partial charge in [0.2, 0.25) is 0 Å². The lowest BCUT2D eigenvalue weighted by Gasteiger charge is -2.14. The average Bonchev–Trinajstić information content (AvgIpc) is 2.70. The van der Waals surface area contributed by atoms with Crippen LogP contribution in [0.25, 0.3) is 16.6 Å². The second-order valence-electron chi connectivity index (χ2n) is 6.26. The largest absolute Gasteiger partial charge is 0.268 e. The molecule has 7 heteroatoms. The topological polar surface area (TPSA) is 47.8 Å². The molecule has 0 N–H and O–H groups in total. The van der Waals surface area contributed by atoms with Crippen LogP contribution < -0.4 is 5.56 Å². The summed E-state index contributed by atoms with van der Waals surface area (Å²) in [4.78, 5) is 21.9. The van der Waals surface area contributed by atoms with Crippen LogP contribution in [-0.2, 0) is 5.75 Å². The van der Waals surface area contributed by atoms with Crippen molar-refractivity contribution in [2.24, 2.45) is 0 Å². The number of fused-ring (bicyclic) bond motifs is 1. The van der Waals surface area contributed by atoms with Gasteiger partial charge >= 0.3 is 0 Å². The molecule has 2 aromatic heterocycles. The van der Waals surface area contributed by atoms with Gasteiger partial charge in [-0.2, -0.15) is 0 Å². The van der Waals surface area contributed by atoms with E-state index in [-0.39, 0.29) is 11.4 Å². The molecule has 0 fully saturated rings. The lowest BCUT2D eigenvalue weighted by Crippen LogP contribution is -2.22. The van der Waals surface area contributed by atoms with E-state index in [2.05, 4.69) is 9.97 Å². The maximum absolute atomic E-state index is 14.2. The van der Waals surface area contributed by atoms with E-state index < -0.39 is 0 Å². The zero-order chi connectivity index (χ0) is 19.7. The van der Waals surface area contributed by atoms with Crippen molar-refractivity contribution in [1.29, 1.82) is 0 Å². The molecule has 0 amide bonds. The van der Waals surface area contributed by atoms with Crippen molar-refractivity contribution in [2.45, 2.75) is 17.8 Å². The predicted molar refractivity (Wildman–Crippen MR) is 111 cm³/mol. The molecule has 0 radical (unpaired) electrons. The van der Waals surface area contributed by atoms with Gasteiger partial charge in [-0.25, -0.2) is 14.4 Å². The molecule has 2 heterocycles. The van der Waals surface area contributed by atoms with Crippen LogP contribution in [0.1, 0.15) is 11.1 Å². The molecule has 0 atom stereocenters. The minimum Gasteiger partial charge on any atom is -0.268 e. The van der Waals surface area contributed by atoms with Crippen molar-refractivity contribution in [3.8, 4) is 5.69 Å². The minimum absolute atomic E-state index is 0.231. The fourth-order valence-corrected chi connectivity index (χ4v) is 3.86. The summed E-state index contributed by atoms with van der Waals surface area (Å²) in [5.41, 5.74) is 2.28. The van der Waals surface area contributed by atoms with Gasteiger partial charge in [0.05, 0.1) is 16.6 Å². The van der Waals surface area contributed by atoms with Crippen molar-refractivity contribution < 1.29 is 4.39 Å². The molecule has 0 unspecified atom stereocenters. The third kappa shape index (κ3) is 3.66. The predicted octanol–water partition coefficient (Wildman–Crippen LogP) is 5.17. The molecule has 0 aliphatic heterocycles. The van der Waals surface area contributed by atoms with E-state index >= 15 is 0 Å². The number of hydrogen-bond donors (Lipinski definition) is 0. The lowest BCUT2D eigenvalue weighted by molar-refractivity contribution is 0.615. The summed E-state index contributed by atoms with van der Waals surface area (Å²) in [6.45, 7) is 1.68. The Balaban J connectivity index is 1.84. The smallest absolute Gasteiger partial charge is 0.266 e. The van der Waals surface area contributed by atoms with Crippen LogP contribution in [0.15, 0.2) is 70.7 Å². The Labute approximate surface area is 170 Å². The van der Waals surface area contributed by atoms with Crippen LogP contribution in [0.3, 0.4) is 0 Å². The first-order valence-electron chi connectivity index (χ1n) is 8.54. The Morgan fingerprint density at radius 3 is 2.71 bits per heavy atom. The monoisotopic (exact) mass is 411 g/mol. The van der Waals surface area contributed by atoms with Crippen molar-refractivity contribution in [3.05, 3.63) is 93.2 Å². The Morgan fingerprint density at radius 2 is 1.96 bits per heavy atom. The zero-order valence-corrected chi connectivity index (χ0v) is 16.5. The Hall–Kier alpha value is -2.70. The highest BCUT2D eigenvalue weighted by Crippen LogP contribution is 2.25. The molecule has 0 spiro atoms. The molecule has 4 nitrogen and oxygen atoms in total. The summed E-state index contributed by atoms with van der Waals surface area (Å²) in [7, 11) is 0. The fraction of sp³-hybridized carbons (Fsp3) is 0.0952. The van der Waals surface area contributed by atoms with E-state index in [9.17, 15) is 9.18 Å². The summed E-state index contributed by atoms with van der Waals surface area (Å²) >= 11 is 7.22. The standard InChI is InChI=1S/C21H15ClFN3OS/c1-13-6-8-15(10-17(13)23)26-20(27)16-4-2-3-5-18(16)25-21(26)28-12-14-7-9-19(22)24-11-14/h2-11H,12H2,1H3. The van der Waals surface area contributed by atoms with E-state index in [1.165, 1.54) is 22.4 Å². The quantitative estimate of drug-likeness (QED) is 0.264. The highest BCUT2D eigenvalue weighted by molar-refractivity contribution is 7.98. The molecule has 4 aromatic rings. The van der Waals surface area contributed by atoms with Gasteiger partial charge in [-0.05, 0) is 48.4 Å². The summed E-state index contributed by atoms with van der Waals surface area (Å²) in [6, 6.07) is 15.5. The van der Waals surface area contributed by atoms with Gasteiger partial charge in [0.15, 0.2) is 5.16 Å².